The van der Waals surface area contributed by atoms with Gasteiger partial charge in [0, 0.05) is 27.1 Å². The lowest BCUT2D eigenvalue weighted by Crippen LogP contribution is -2.20. The van der Waals surface area contributed by atoms with Crippen LogP contribution in [0.1, 0.15) is 32.0 Å². The molecule has 0 aliphatic heterocycles. The van der Waals surface area contributed by atoms with E-state index in [1.165, 1.54) is 0 Å². The van der Waals surface area contributed by atoms with Gasteiger partial charge in [-0.3, -0.25) is 4.98 Å². The predicted octanol–water partition coefficient (Wildman–Crippen LogP) is 4.95. The third-order valence-corrected chi connectivity index (χ3v) is 4.21. The fourth-order valence-electron chi connectivity index (χ4n) is 2.03. The Morgan fingerprint density at radius 1 is 1.20 bits per heavy atom. The Labute approximate surface area is 130 Å². The lowest BCUT2D eigenvalue weighted by molar-refractivity contribution is 0.524. The van der Waals surface area contributed by atoms with Gasteiger partial charge in [-0.2, -0.15) is 0 Å². The summed E-state index contributed by atoms with van der Waals surface area (Å²) in [5, 5.41) is 4.20. The number of halogens is 1. The Kier molecular flexibility index (Phi) is 5.89. The second kappa shape index (κ2) is 7.67. The second-order valence-electron chi connectivity index (χ2n) is 4.50. The minimum atomic E-state index is 0.338. The maximum absolute atomic E-state index is 5.99. The molecule has 4 heteroatoms. The normalized spacial score (nSPS) is 12.3. The summed E-state index contributed by atoms with van der Waals surface area (Å²) in [5.41, 5.74) is 1.10. The minimum Gasteiger partial charge on any atom is -0.309 e. The molecule has 0 amide bonds. The van der Waals surface area contributed by atoms with E-state index in [0.29, 0.717) is 6.04 Å². The molecule has 1 N–H and O–H groups in total. The van der Waals surface area contributed by atoms with Gasteiger partial charge < -0.3 is 5.32 Å². The van der Waals surface area contributed by atoms with Crippen LogP contribution in [0.25, 0.3) is 0 Å². The number of aromatic nitrogens is 1. The van der Waals surface area contributed by atoms with Crippen molar-refractivity contribution in [3.05, 3.63) is 53.3 Å². The van der Waals surface area contributed by atoms with Gasteiger partial charge in [0.05, 0.1) is 5.69 Å². The van der Waals surface area contributed by atoms with E-state index < -0.39 is 0 Å². The highest BCUT2D eigenvalue weighted by atomic mass is 35.5. The Balaban J connectivity index is 2.08. The van der Waals surface area contributed by atoms with E-state index in [1.807, 2.05) is 24.4 Å². The maximum Gasteiger partial charge on any atom is 0.0573 e. The van der Waals surface area contributed by atoms with Crippen LogP contribution in [0.15, 0.2) is 52.4 Å². The van der Waals surface area contributed by atoms with Crippen LogP contribution < -0.4 is 5.32 Å². The average Bonchev–Trinajstić information content (AvgIpc) is 2.46. The van der Waals surface area contributed by atoms with Crippen LogP contribution >= 0.6 is 23.4 Å². The van der Waals surface area contributed by atoms with E-state index >= 15 is 0 Å². The molecule has 2 nitrogen and oxygen atoms in total. The lowest BCUT2D eigenvalue weighted by atomic mass is 10.1. The SMILES string of the molecule is CCNC(CC)c1ccc(Sc2cccc(Cl)c2)cn1. The van der Waals surface area contributed by atoms with E-state index in [9.17, 15) is 0 Å². The molecule has 0 bridgehead atoms. The van der Waals surface area contributed by atoms with Gasteiger partial charge in [0.15, 0.2) is 0 Å². The third-order valence-electron chi connectivity index (χ3n) is 3.01. The van der Waals surface area contributed by atoms with Gasteiger partial charge in [0.2, 0.25) is 0 Å². The van der Waals surface area contributed by atoms with Gasteiger partial charge in [0.1, 0.15) is 0 Å². The van der Waals surface area contributed by atoms with Gasteiger partial charge >= 0.3 is 0 Å². The molecule has 20 heavy (non-hydrogen) atoms. The molecule has 0 aliphatic rings. The van der Waals surface area contributed by atoms with Crippen molar-refractivity contribution in [1.82, 2.24) is 10.3 Å². The van der Waals surface area contributed by atoms with Crippen LogP contribution in [0.2, 0.25) is 5.02 Å². The van der Waals surface area contributed by atoms with E-state index in [1.54, 1.807) is 11.8 Å². The zero-order valence-corrected chi connectivity index (χ0v) is 13.3. The van der Waals surface area contributed by atoms with Gasteiger partial charge in [0.25, 0.3) is 0 Å². The van der Waals surface area contributed by atoms with Crippen molar-refractivity contribution in [2.45, 2.75) is 36.1 Å². The Bertz CT molecular complexity index is 542. The summed E-state index contributed by atoms with van der Waals surface area (Å²) >= 11 is 7.67. The molecule has 0 fully saturated rings. The Hall–Kier alpha value is -1.03. The molecular formula is C16H19ClN2S. The number of hydrogen-bond acceptors (Lipinski definition) is 3. The van der Waals surface area contributed by atoms with Crippen LogP contribution in [-0.2, 0) is 0 Å². The van der Waals surface area contributed by atoms with E-state index in [4.69, 9.17) is 11.6 Å². The van der Waals surface area contributed by atoms with Crippen molar-refractivity contribution in [1.29, 1.82) is 0 Å². The maximum atomic E-state index is 5.99. The number of hydrogen-bond donors (Lipinski definition) is 1. The van der Waals surface area contributed by atoms with Crippen LogP contribution in [0.4, 0.5) is 0 Å². The van der Waals surface area contributed by atoms with Gasteiger partial charge in [-0.1, -0.05) is 43.3 Å². The van der Waals surface area contributed by atoms with Crippen molar-refractivity contribution < 1.29 is 0 Å². The molecule has 0 saturated carbocycles. The summed E-state index contributed by atoms with van der Waals surface area (Å²) in [6.45, 7) is 5.24. The standard InChI is InChI=1S/C16H19ClN2S/c1-3-15(18-4-2)16-9-8-14(11-19-16)20-13-7-5-6-12(17)10-13/h5-11,15,18H,3-4H2,1-2H3. The smallest absolute Gasteiger partial charge is 0.0573 e. The lowest BCUT2D eigenvalue weighted by Gasteiger charge is -2.15. The molecular weight excluding hydrogens is 288 g/mol. The van der Waals surface area contributed by atoms with Crippen molar-refractivity contribution in [3.63, 3.8) is 0 Å². The first-order valence-electron chi connectivity index (χ1n) is 6.85. The van der Waals surface area contributed by atoms with Crippen molar-refractivity contribution in [2.75, 3.05) is 6.54 Å². The highest BCUT2D eigenvalue weighted by Crippen LogP contribution is 2.29. The van der Waals surface area contributed by atoms with Crippen LogP contribution in [0.5, 0.6) is 0 Å². The highest BCUT2D eigenvalue weighted by molar-refractivity contribution is 7.99. The quantitative estimate of drug-likeness (QED) is 0.817. The molecule has 106 valence electrons. The van der Waals surface area contributed by atoms with E-state index in [-0.39, 0.29) is 0 Å². The number of nitrogens with zero attached hydrogens (tertiary/aromatic N) is 1. The highest BCUT2D eigenvalue weighted by Gasteiger charge is 2.09. The average molecular weight is 307 g/mol. The van der Waals surface area contributed by atoms with Gasteiger partial charge in [-0.25, -0.2) is 0 Å². The zero-order chi connectivity index (χ0) is 14.4. The zero-order valence-electron chi connectivity index (χ0n) is 11.8. The first-order valence-corrected chi connectivity index (χ1v) is 8.05. The van der Waals surface area contributed by atoms with Crippen LogP contribution in [0, 0.1) is 0 Å². The van der Waals surface area contributed by atoms with Crippen molar-refractivity contribution in [2.24, 2.45) is 0 Å². The molecule has 0 radical (unpaired) electrons. The van der Waals surface area contributed by atoms with Crippen LogP contribution in [0.3, 0.4) is 0 Å². The van der Waals surface area contributed by atoms with Crippen LogP contribution in [-0.4, -0.2) is 11.5 Å². The number of pyridine rings is 1. The second-order valence-corrected chi connectivity index (χ2v) is 6.08. The molecule has 1 aromatic heterocycles. The molecule has 1 atom stereocenters. The molecule has 0 spiro atoms. The third kappa shape index (κ3) is 4.23. The number of nitrogens with one attached hydrogen (secondary N) is 1. The molecule has 1 heterocycles. The first kappa shape index (κ1) is 15.4. The van der Waals surface area contributed by atoms with E-state index in [0.717, 1.165) is 33.5 Å². The van der Waals surface area contributed by atoms with E-state index in [2.05, 4.69) is 42.3 Å². The Morgan fingerprint density at radius 3 is 2.65 bits per heavy atom. The largest absolute Gasteiger partial charge is 0.309 e. The first-order chi connectivity index (χ1) is 9.72. The molecule has 0 saturated heterocycles. The van der Waals surface area contributed by atoms with Gasteiger partial charge in [-0.05, 0) is 43.3 Å². The fraction of sp³-hybridized carbons (Fsp3) is 0.312. The topological polar surface area (TPSA) is 24.9 Å². The summed E-state index contributed by atoms with van der Waals surface area (Å²) in [5.74, 6) is 0. The minimum absolute atomic E-state index is 0.338. The molecule has 2 aromatic rings. The Morgan fingerprint density at radius 2 is 2.05 bits per heavy atom. The predicted molar refractivity (Wildman–Crippen MR) is 86.5 cm³/mol. The summed E-state index contributed by atoms with van der Waals surface area (Å²) in [7, 11) is 0. The molecule has 0 aliphatic carbocycles. The van der Waals surface area contributed by atoms with Crippen molar-refractivity contribution in [3.8, 4) is 0 Å². The van der Waals surface area contributed by atoms with Crippen molar-refractivity contribution >= 4 is 23.4 Å². The number of benzene rings is 1. The summed E-state index contributed by atoms with van der Waals surface area (Å²) in [4.78, 5) is 6.83. The summed E-state index contributed by atoms with van der Waals surface area (Å²) in [6.07, 6.45) is 2.97. The summed E-state index contributed by atoms with van der Waals surface area (Å²) in [6, 6.07) is 12.4. The van der Waals surface area contributed by atoms with Gasteiger partial charge in [-0.15, -0.1) is 0 Å². The summed E-state index contributed by atoms with van der Waals surface area (Å²) < 4.78 is 0. The molecule has 1 unspecified atom stereocenters. The monoisotopic (exact) mass is 306 g/mol. The fourth-order valence-corrected chi connectivity index (χ4v) is 3.13. The molecule has 1 aromatic carbocycles. The molecule has 2 rings (SSSR count). The number of rotatable bonds is 6.